The number of aryl methyl sites for hydroxylation is 2. The fourth-order valence-corrected chi connectivity index (χ4v) is 4.73. The normalized spacial score (nSPS) is 26.6. The zero-order valence-corrected chi connectivity index (χ0v) is 15.5. The first kappa shape index (κ1) is 16.7. The summed E-state index contributed by atoms with van der Waals surface area (Å²) < 4.78 is 0. The fourth-order valence-electron chi connectivity index (χ4n) is 3.69. The zero-order chi connectivity index (χ0) is 16.7. The Morgan fingerprint density at radius 1 is 1.30 bits per heavy atom. The lowest BCUT2D eigenvalue weighted by Crippen LogP contribution is -2.42. The van der Waals surface area contributed by atoms with Gasteiger partial charge in [0.1, 0.15) is 10.7 Å². The molecule has 23 heavy (non-hydrogen) atoms. The Balaban J connectivity index is 1.86. The molecular weight excluding hydrogens is 306 g/mol. The van der Waals surface area contributed by atoms with E-state index in [1.807, 2.05) is 13.8 Å². The Labute approximate surface area is 141 Å². The van der Waals surface area contributed by atoms with Gasteiger partial charge in [0.15, 0.2) is 0 Å². The smallest absolute Gasteiger partial charge is 0.259 e. The van der Waals surface area contributed by atoms with Crippen LogP contribution in [0.25, 0.3) is 10.2 Å². The lowest BCUT2D eigenvalue weighted by Gasteiger charge is -2.36. The Kier molecular flexibility index (Phi) is 4.61. The van der Waals surface area contributed by atoms with Crippen LogP contribution in [0.3, 0.4) is 0 Å². The molecule has 2 N–H and O–H groups in total. The van der Waals surface area contributed by atoms with E-state index in [2.05, 4.69) is 31.1 Å². The third kappa shape index (κ3) is 3.09. The van der Waals surface area contributed by atoms with Crippen molar-refractivity contribution in [3.8, 4) is 0 Å². The molecule has 2 aromatic rings. The Morgan fingerprint density at radius 3 is 2.78 bits per heavy atom. The first-order valence-electron chi connectivity index (χ1n) is 8.64. The van der Waals surface area contributed by atoms with Crippen molar-refractivity contribution in [3.63, 3.8) is 0 Å². The molecule has 0 aliphatic heterocycles. The number of hydrogen-bond donors (Lipinski definition) is 2. The monoisotopic (exact) mass is 333 g/mol. The summed E-state index contributed by atoms with van der Waals surface area (Å²) in [4.78, 5) is 22.2. The van der Waals surface area contributed by atoms with Gasteiger partial charge in [0.25, 0.3) is 5.56 Å². The number of aromatic nitrogens is 2. The summed E-state index contributed by atoms with van der Waals surface area (Å²) in [5.74, 6) is 2.17. The molecule has 1 saturated carbocycles. The second kappa shape index (κ2) is 6.36. The highest BCUT2D eigenvalue weighted by Gasteiger charge is 2.28. The predicted molar refractivity (Wildman–Crippen MR) is 97.2 cm³/mol. The molecule has 1 aliphatic rings. The molecule has 1 fully saturated rings. The summed E-state index contributed by atoms with van der Waals surface area (Å²) in [6.07, 6.45) is 3.81. The summed E-state index contributed by atoms with van der Waals surface area (Å²) >= 11 is 1.61. The second-order valence-corrected chi connectivity index (χ2v) is 8.38. The molecule has 5 heteroatoms. The van der Waals surface area contributed by atoms with Crippen molar-refractivity contribution in [2.24, 2.45) is 11.8 Å². The summed E-state index contributed by atoms with van der Waals surface area (Å²) in [5.41, 5.74) is 1.05. The molecule has 2 heterocycles. The highest BCUT2D eigenvalue weighted by atomic mass is 32.1. The van der Waals surface area contributed by atoms with E-state index in [1.54, 1.807) is 11.3 Å². The zero-order valence-electron chi connectivity index (χ0n) is 14.7. The SMILES string of the molecule is Cc1sc2nc([C@H](C)N[C@@H]3CCC[C@H](C)[C@H]3C)[nH]c(=O)c2c1C. The molecular formula is C18H27N3OS. The van der Waals surface area contributed by atoms with Crippen LogP contribution < -0.4 is 10.9 Å². The molecule has 0 radical (unpaired) electrons. The largest absolute Gasteiger partial charge is 0.309 e. The quantitative estimate of drug-likeness (QED) is 0.890. The number of rotatable bonds is 3. The van der Waals surface area contributed by atoms with Crippen molar-refractivity contribution in [2.75, 3.05) is 0 Å². The van der Waals surface area contributed by atoms with Gasteiger partial charge in [-0.2, -0.15) is 0 Å². The van der Waals surface area contributed by atoms with Gasteiger partial charge in [0.2, 0.25) is 0 Å². The number of hydrogen-bond acceptors (Lipinski definition) is 4. The molecule has 1 aliphatic carbocycles. The topological polar surface area (TPSA) is 57.8 Å². The van der Waals surface area contributed by atoms with Gasteiger partial charge in [0.05, 0.1) is 11.4 Å². The van der Waals surface area contributed by atoms with E-state index >= 15 is 0 Å². The molecule has 0 unspecified atom stereocenters. The van der Waals surface area contributed by atoms with E-state index in [-0.39, 0.29) is 11.6 Å². The lowest BCUT2D eigenvalue weighted by atomic mass is 9.78. The maximum Gasteiger partial charge on any atom is 0.259 e. The van der Waals surface area contributed by atoms with Crippen LogP contribution in [0.15, 0.2) is 4.79 Å². The predicted octanol–water partition coefficient (Wildman–Crippen LogP) is 4.08. The van der Waals surface area contributed by atoms with Crippen LogP contribution in [0.4, 0.5) is 0 Å². The number of nitrogens with zero attached hydrogens (tertiary/aromatic N) is 1. The van der Waals surface area contributed by atoms with Gasteiger partial charge < -0.3 is 10.3 Å². The van der Waals surface area contributed by atoms with Gasteiger partial charge in [-0.05, 0) is 44.6 Å². The van der Waals surface area contributed by atoms with Crippen molar-refractivity contribution >= 4 is 21.6 Å². The molecule has 0 spiro atoms. The Hall–Kier alpha value is -1.20. The van der Waals surface area contributed by atoms with E-state index in [0.29, 0.717) is 12.0 Å². The van der Waals surface area contributed by atoms with E-state index in [0.717, 1.165) is 27.5 Å². The van der Waals surface area contributed by atoms with Crippen molar-refractivity contribution in [2.45, 2.75) is 66.0 Å². The van der Waals surface area contributed by atoms with Crippen LogP contribution >= 0.6 is 11.3 Å². The molecule has 3 rings (SSSR count). The summed E-state index contributed by atoms with van der Waals surface area (Å²) in [6.45, 7) is 10.8. The number of nitrogens with one attached hydrogen (secondary N) is 2. The standard InChI is InChI=1S/C18H27N3OS/c1-9-7-6-8-14(10(9)2)19-12(4)16-20-17(22)15-11(3)13(5)23-18(15)21-16/h9-10,12,14,19H,6-8H2,1-5H3,(H,20,21,22)/t9-,10+,12-,14+/m0/s1. The van der Waals surface area contributed by atoms with E-state index in [9.17, 15) is 4.79 Å². The number of aromatic amines is 1. The molecule has 0 amide bonds. The Morgan fingerprint density at radius 2 is 2.04 bits per heavy atom. The lowest BCUT2D eigenvalue weighted by molar-refractivity contribution is 0.195. The van der Waals surface area contributed by atoms with Crippen LogP contribution in [0.1, 0.15) is 62.3 Å². The van der Waals surface area contributed by atoms with E-state index in [1.165, 1.54) is 24.1 Å². The molecule has 2 aromatic heterocycles. The van der Waals surface area contributed by atoms with Gasteiger partial charge in [-0.15, -0.1) is 11.3 Å². The highest BCUT2D eigenvalue weighted by molar-refractivity contribution is 7.18. The molecule has 4 atom stereocenters. The summed E-state index contributed by atoms with van der Waals surface area (Å²) in [5, 5.41) is 4.45. The number of thiophene rings is 1. The minimum Gasteiger partial charge on any atom is -0.309 e. The number of fused-ring (bicyclic) bond motifs is 1. The Bertz CT molecular complexity index is 763. The average Bonchev–Trinajstić information content (AvgIpc) is 2.79. The van der Waals surface area contributed by atoms with Gasteiger partial charge >= 0.3 is 0 Å². The third-order valence-corrected chi connectivity index (χ3v) is 6.74. The van der Waals surface area contributed by atoms with Crippen LogP contribution in [-0.4, -0.2) is 16.0 Å². The van der Waals surface area contributed by atoms with E-state index in [4.69, 9.17) is 4.98 Å². The number of H-pyrrole nitrogens is 1. The molecule has 4 nitrogen and oxygen atoms in total. The molecule has 0 saturated heterocycles. The summed E-state index contributed by atoms with van der Waals surface area (Å²) in [7, 11) is 0. The van der Waals surface area contributed by atoms with E-state index < -0.39 is 0 Å². The van der Waals surface area contributed by atoms with Gasteiger partial charge in [-0.1, -0.05) is 26.7 Å². The second-order valence-electron chi connectivity index (χ2n) is 7.18. The highest BCUT2D eigenvalue weighted by Crippen LogP contribution is 2.31. The van der Waals surface area contributed by atoms with Gasteiger partial charge in [0, 0.05) is 10.9 Å². The average molecular weight is 334 g/mol. The first-order chi connectivity index (χ1) is 10.9. The van der Waals surface area contributed by atoms with Gasteiger partial charge in [-0.25, -0.2) is 4.98 Å². The van der Waals surface area contributed by atoms with Crippen molar-refractivity contribution in [1.29, 1.82) is 0 Å². The maximum atomic E-state index is 12.4. The minimum absolute atomic E-state index is 0.00874. The minimum atomic E-state index is -0.00874. The first-order valence-corrected chi connectivity index (χ1v) is 9.46. The van der Waals surface area contributed by atoms with Crippen LogP contribution in [0.5, 0.6) is 0 Å². The fraction of sp³-hybridized carbons (Fsp3) is 0.667. The third-order valence-electron chi connectivity index (χ3n) is 5.64. The molecule has 126 valence electrons. The molecule has 0 bridgehead atoms. The molecule has 0 aromatic carbocycles. The van der Waals surface area contributed by atoms with Crippen molar-refractivity contribution in [1.82, 2.24) is 15.3 Å². The van der Waals surface area contributed by atoms with Crippen LogP contribution in [-0.2, 0) is 0 Å². The van der Waals surface area contributed by atoms with Crippen molar-refractivity contribution in [3.05, 3.63) is 26.6 Å². The van der Waals surface area contributed by atoms with Crippen LogP contribution in [0.2, 0.25) is 0 Å². The summed E-state index contributed by atoms with van der Waals surface area (Å²) in [6, 6.07) is 0.564. The van der Waals surface area contributed by atoms with Crippen molar-refractivity contribution < 1.29 is 0 Å². The maximum absolute atomic E-state index is 12.4. The van der Waals surface area contributed by atoms with Gasteiger partial charge in [-0.3, -0.25) is 4.79 Å². The van der Waals surface area contributed by atoms with Crippen LogP contribution in [0, 0.1) is 25.7 Å².